The van der Waals surface area contributed by atoms with Crippen LogP contribution < -0.4 is 10.0 Å². The molecule has 0 bridgehead atoms. The highest BCUT2D eigenvalue weighted by molar-refractivity contribution is 7.97. The van der Waals surface area contributed by atoms with E-state index in [1.807, 2.05) is 72.7 Å². The van der Waals surface area contributed by atoms with Crippen LogP contribution in [0.2, 0.25) is 0 Å². The standard InChI is InChI=1S/C14H22N2OS.2C2H6/c1-10(2)16-18-12-8-6-11(7-9-12)15-13(17)14(3,4)5;2*1-2/h6-10,16H,1-5H3,(H,15,17);2*1-2H3. The third kappa shape index (κ3) is 10.7. The second kappa shape index (κ2) is 12.5. The Balaban J connectivity index is 0. The van der Waals surface area contributed by atoms with Crippen LogP contribution in [-0.4, -0.2) is 11.9 Å². The van der Waals surface area contributed by atoms with Gasteiger partial charge in [-0.3, -0.25) is 9.52 Å². The Morgan fingerprint density at radius 3 is 1.82 bits per heavy atom. The number of carbonyl (C=O) groups excluding carboxylic acids is 1. The van der Waals surface area contributed by atoms with Gasteiger partial charge in [-0.25, -0.2) is 0 Å². The molecule has 3 nitrogen and oxygen atoms in total. The van der Waals surface area contributed by atoms with Crippen molar-refractivity contribution < 1.29 is 4.79 Å². The average Bonchev–Trinajstić information content (AvgIpc) is 2.49. The highest BCUT2D eigenvalue weighted by Crippen LogP contribution is 2.21. The van der Waals surface area contributed by atoms with E-state index in [1.165, 1.54) is 0 Å². The summed E-state index contributed by atoms with van der Waals surface area (Å²) in [5.41, 5.74) is 0.468. The molecule has 0 heterocycles. The molecule has 0 radical (unpaired) electrons. The van der Waals surface area contributed by atoms with Crippen molar-refractivity contribution in [2.75, 3.05) is 5.32 Å². The van der Waals surface area contributed by atoms with Gasteiger partial charge in [0, 0.05) is 22.0 Å². The van der Waals surface area contributed by atoms with E-state index in [2.05, 4.69) is 23.9 Å². The number of anilines is 1. The molecule has 0 spiro atoms. The Morgan fingerprint density at radius 1 is 1.00 bits per heavy atom. The fourth-order valence-electron chi connectivity index (χ4n) is 1.11. The Kier molecular flexibility index (Phi) is 13.3. The van der Waals surface area contributed by atoms with Crippen LogP contribution in [0.25, 0.3) is 0 Å². The Bertz CT molecular complexity index is 395. The highest BCUT2D eigenvalue weighted by atomic mass is 32.2. The first-order chi connectivity index (χ1) is 10.3. The molecule has 0 aliphatic carbocycles. The van der Waals surface area contributed by atoms with Gasteiger partial charge in [-0.1, -0.05) is 48.5 Å². The Hall–Kier alpha value is -1.00. The number of hydrogen-bond donors (Lipinski definition) is 2. The monoisotopic (exact) mass is 326 g/mol. The minimum Gasteiger partial charge on any atom is -0.326 e. The summed E-state index contributed by atoms with van der Waals surface area (Å²) in [5.74, 6) is 0.0307. The third-order valence-electron chi connectivity index (χ3n) is 2.21. The Labute approximate surface area is 141 Å². The Morgan fingerprint density at radius 2 is 1.45 bits per heavy atom. The van der Waals surface area contributed by atoms with Gasteiger partial charge in [0.15, 0.2) is 0 Å². The number of benzene rings is 1. The van der Waals surface area contributed by atoms with Gasteiger partial charge >= 0.3 is 0 Å². The molecule has 4 heteroatoms. The van der Waals surface area contributed by atoms with Gasteiger partial charge in [-0.05, 0) is 50.1 Å². The molecule has 0 aliphatic rings. The first kappa shape index (κ1) is 23.3. The summed E-state index contributed by atoms with van der Waals surface area (Å²) >= 11 is 1.60. The van der Waals surface area contributed by atoms with Crippen LogP contribution in [0.1, 0.15) is 62.3 Å². The smallest absolute Gasteiger partial charge is 0.229 e. The second-order valence-electron chi connectivity index (χ2n) is 5.60. The lowest BCUT2D eigenvalue weighted by atomic mass is 9.95. The van der Waals surface area contributed by atoms with E-state index in [-0.39, 0.29) is 11.3 Å². The molecule has 0 fully saturated rings. The summed E-state index contributed by atoms with van der Waals surface area (Å²) in [6.07, 6.45) is 0. The van der Waals surface area contributed by atoms with Gasteiger partial charge in [-0.15, -0.1) is 0 Å². The molecule has 128 valence electrons. The minimum absolute atomic E-state index is 0.0307. The van der Waals surface area contributed by atoms with E-state index in [9.17, 15) is 4.79 Å². The van der Waals surface area contributed by atoms with Gasteiger partial charge in [0.2, 0.25) is 5.91 Å². The van der Waals surface area contributed by atoms with Crippen LogP contribution in [0.3, 0.4) is 0 Å². The predicted molar refractivity (Wildman–Crippen MR) is 101 cm³/mol. The molecule has 1 aromatic rings. The molecule has 2 N–H and O–H groups in total. The van der Waals surface area contributed by atoms with Crippen molar-refractivity contribution in [1.82, 2.24) is 4.72 Å². The van der Waals surface area contributed by atoms with Crippen molar-refractivity contribution in [3.63, 3.8) is 0 Å². The molecule has 0 unspecified atom stereocenters. The number of rotatable bonds is 4. The number of hydrogen-bond acceptors (Lipinski definition) is 3. The summed E-state index contributed by atoms with van der Waals surface area (Å²) in [7, 11) is 0. The van der Waals surface area contributed by atoms with Gasteiger partial charge in [0.05, 0.1) is 0 Å². The van der Waals surface area contributed by atoms with E-state index in [4.69, 9.17) is 0 Å². The van der Waals surface area contributed by atoms with E-state index in [0.29, 0.717) is 6.04 Å². The van der Waals surface area contributed by atoms with E-state index in [0.717, 1.165) is 10.6 Å². The van der Waals surface area contributed by atoms with Crippen LogP contribution in [0, 0.1) is 5.41 Å². The summed E-state index contributed by atoms with van der Waals surface area (Å²) < 4.78 is 3.28. The van der Waals surface area contributed by atoms with Gasteiger partial charge < -0.3 is 5.32 Å². The summed E-state index contributed by atoms with van der Waals surface area (Å²) in [6.45, 7) is 17.9. The lowest BCUT2D eigenvalue weighted by Gasteiger charge is -2.17. The molecule has 1 rings (SSSR count). The number of carbonyl (C=O) groups is 1. The lowest BCUT2D eigenvalue weighted by molar-refractivity contribution is -0.123. The van der Waals surface area contributed by atoms with Gasteiger partial charge in [0.25, 0.3) is 0 Å². The zero-order valence-corrected chi connectivity index (χ0v) is 16.5. The zero-order valence-electron chi connectivity index (χ0n) is 15.7. The van der Waals surface area contributed by atoms with Crippen LogP contribution in [0.15, 0.2) is 29.2 Å². The van der Waals surface area contributed by atoms with Crippen molar-refractivity contribution in [1.29, 1.82) is 0 Å². The molecule has 1 amide bonds. The van der Waals surface area contributed by atoms with E-state index < -0.39 is 0 Å². The molecule has 0 aliphatic heterocycles. The third-order valence-corrected chi connectivity index (χ3v) is 3.30. The fraction of sp³-hybridized carbons (Fsp3) is 0.611. The van der Waals surface area contributed by atoms with Crippen molar-refractivity contribution in [2.24, 2.45) is 5.41 Å². The lowest BCUT2D eigenvalue weighted by Crippen LogP contribution is -2.27. The van der Waals surface area contributed by atoms with Crippen molar-refractivity contribution in [3.05, 3.63) is 24.3 Å². The first-order valence-electron chi connectivity index (χ1n) is 8.13. The fourth-order valence-corrected chi connectivity index (χ4v) is 1.75. The number of amides is 1. The largest absolute Gasteiger partial charge is 0.326 e. The summed E-state index contributed by atoms with van der Waals surface area (Å²) in [5, 5.41) is 2.91. The molecular weight excluding hydrogens is 292 g/mol. The van der Waals surface area contributed by atoms with Crippen molar-refractivity contribution in [3.8, 4) is 0 Å². The van der Waals surface area contributed by atoms with Crippen LogP contribution in [0.4, 0.5) is 5.69 Å². The van der Waals surface area contributed by atoms with Crippen molar-refractivity contribution >= 4 is 23.5 Å². The summed E-state index contributed by atoms with van der Waals surface area (Å²) in [4.78, 5) is 12.9. The molecular formula is C18H34N2OS. The van der Waals surface area contributed by atoms with Crippen LogP contribution in [0.5, 0.6) is 0 Å². The quantitative estimate of drug-likeness (QED) is 0.694. The zero-order chi connectivity index (χ0) is 17.8. The summed E-state index contributed by atoms with van der Waals surface area (Å²) in [6, 6.07) is 8.29. The topological polar surface area (TPSA) is 41.1 Å². The SMILES string of the molecule is CC.CC.CC(C)NSc1ccc(NC(=O)C(C)(C)C)cc1. The van der Waals surface area contributed by atoms with Gasteiger partial charge in [0.1, 0.15) is 0 Å². The molecule has 0 saturated heterocycles. The molecule has 0 aromatic heterocycles. The molecule has 22 heavy (non-hydrogen) atoms. The van der Waals surface area contributed by atoms with E-state index in [1.54, 1.807) is 11.9 Å². The van der Waals surface area contributed by atoms with Crippen LogP contribution in [-0.2, 0) is 4.79 Å². The minimum atomic E-state index is -0.368. The average molecular weight is 327 g/mol. The molecule has 0 saturated carbocycles. The second-order valence-corrected chi connectivity index (χ2v) is 6.51. The van der Waals surface area contributed by atoms with E-state index >= 15 is 0 Å². The van der Waals surface area contributed by atoms with Gasteiger partial charge in [-0.2, -0.15) is 0 Å². The maximum Gasteiger partial charge on any atom is 0.229 e. The number of nitrogens with one attached hydrogen (secondary N) is 2. The maximum absolute atomic E-state index is 11.8. The molecule has 1 aromatic carbocycles. The highest BCUT2D eigenvalue weighted by Gasteiger charge is 2.20. The maximum atomic E-state index is 11.8. The normalized spacial score (nSPS) is 10.1. The first-order valence-corrected chi connectivity index (χ1v) is 8.94. The van der Waals surface area contributed by atoms with Crippen LogP contribution >= 0.6 is 11.9 Å². The molecule has 0 atom stereocenters. The predicted octanol–water partition coefficient (Wildman–Crippen LogP) is 5.73. The van der Waals surface area contributed by atoms with Crippen molar-refractivity contribution in [2.45, 2.75) is 73.3 Å².